The Bertz CT molecular complexity index is 825. The molecule has 0 aromatic heterocycles. The summed E-state index contributed by atoms with van der Waals surface area (Å²) in [5, 5.41) is 2.25. The number of sulfonamides is 1. The van der Waals surface area contributed by atoms with Crippen LogP contribution in [0.4, 0.5) is 18.9 Å². The van der Waals surface area contributed by atoms with Crippen molar-refractivity contribution in [2.75, 3.05) is 30.7 Å². The van der Waals surface area contributed by atoms with E-state index in [2.05, 4.69) is 10.2 Å². The molecule has 1 aliphatic rings. The Labute approximate surface area is 167 Å². The Hall–Kier alpha value is -1.52. The van der Waals surface area contributed by atoms with Crippen molar-refractivity contribution in [1.29, 1.82) is 0 Å². The molecule has 1 amide bonds. The molecule has 11 heteroatoms. The molecule has 0 radical (unpaired) electrons. The van der Waals surface area contributed by atoms with E-state index < -0.39 is 38.7 Å². The second-order valence-electron chi connectivity index (χ2n) is 6.98. The molecule has 1 fully saturated rings. The monoisotopic (exact) mass is 441 g/mol. The van der Waals surface area contributed by atoms with Gasteiger partial charge in [0, 0.05) is 6.04 Å². The fourth-order valence-electron chi connectivity index (χ4n) is 3.15. The molecule has 1 saturated heterocycles. The molecule has 1 aromatic carbocycles. The van der Waals surface area contributed by atoms with Crippen molar-refractivity contribution < 1.29 is 26.4 Å². The number of likely N-dealkylation sites (tertiary alicyclic amines) is 1. The van der Waals surface area contributed by atoms with E-state index >= 15 is 0 Å². The number of halogens is 4. The lowest BCUT2D eigenvalue weighted by atomic mass is 10.1. The van der Waals surface area contributed by atoms with Crippen LogP contribution in [0, 0.1) is 0 Å². The summed E-state index contributed by atoms with van der Waals surface area (Å²) in [4.78, 5) is 14.7. The van der Waals surface area contributed by atoms with Gasteiger partial charge in [-0.1, -0.05) is 11.6 Å². The normalized spacial score (nSPS) is 18.0. The molecule has 1 aliphatic heterocycles. The highest BCUT2D eigenvalue weighted by Crippen LogP contribution is 2.37. The first kappa shape index (κ1) is 22.8. The van der Waals surface area contributed by atoms with E-state index in [4.69, 9.17) is 11.6 Å². The zero-order chi connectivity index (χ0) is 21.3. The van der Waals surface area contributed by atoms with Crippen LogP contribution in [-0.2, 0) is 21.0 Å². The van der Waals surface area contributed by atoms with Crippen LogP contribution in [0.2, 0.25) is 5.02 Å². The van der Waals surface area contributed by atoms with Crippen molar-refractivity contribution in [3.05, 3.63) is 28.8 Å². The van der Waals surface area contributed by atoms with Gasteiger partial charge < -0.3 is 10.2 Å². The number of carbonyl (C=O) groups excluding carboxylic acids is 1. The molecule has 6 nitrogen and oxygen atoms in total. The van der Waals surface area contributed by atoms with E-state index in [0.717, 1.165) is 31.5 Å². The van der Waals surface area contributed by atoms with Crippen molar-refractivity contribution in [1.82, 2.24) is 10.2 Å². The van der Waals surface area contributed by atoms with E-state index in [0.29, 0.717) is 23.2 Å². The van der Waals surface area contributed by atoms with Crippen molar-refractivity contribution >= 4 is 33.2 Å². The van der Waals surface area contributed by atoms with Crippen molar-refractivity contribution in [3.8, 4) is 0 Å². The molecule has 1 N–H and O–H groups in total. The largest absolute Gasteiger partial charge is 0.417 e. The number of nitrogens with zero attached hydrogens (tertiary/aromatic N) is 2. The van der Waals surface area contributed by atoms with Gasteiger partial charge in [-0.2, -0.15) is 13.2 Å². The second kappa shape index (κ2) is 8.46. The van der Waals surface area contributed by atoms with Crippen molar-refractivity contribution in [2.45, 2.75) is 38.0 Å². The topological polar surface area (TPSA) is 69.7 Å². The number of hydrogen-bond acceptors (Lipinski definition) is 4. The third-order valence-corrected chi connectivity index (χ3v) is 6.23. The van der Waals surface area contributed by atoms with Crippen LogP contribution in [0.25, 0.3) is 0 Å². The highest BCUT2D eigenvalue weighted by atomic mass is 35.5. The van der Waals surface area contributed by atoms with Gasteiger partial charge in [-0.3, -0.25) is 9.10 Å². The standard InChI is InChI=1S/C17H23ClF3N3O3S/c1-11(16(25)22-12-6-8-23(2)9-7-12)24(28(3,26)27)13-4-5-15(18)14(10-13)17(19,20)21/h4-5,10-12H,6-9H2,1-3H3,(H,22,25)/t11-/m0/s1. The SMILES string of the molecule is C[C@@H](C(=O)NC1CCN(C)CC1)N(c1ccc(Cl)c(C(F)(F)F)c1)S(C)(=O)=O. The maximum Gasteiger partial charge on any atom is 0.417 e. The molecule has 0 spiro atoms. The molecule has 0 aliphatic carbocycles. The summed E-state index contributed by atoms with van der Waals surface area (Å²) in [6, 6.07) is 1.43. The second-order valence-corrected chi connectivity index (χ2v) is 9.25. The lowest BCUT2D eigenvalue weighted by molar-refractivity contribution is -0.137. The lowest BCUT2D eigenvalue weighted by Crippen LogP contribution is -2.52. The minimum absolute atomic E-state index is 0.108. The van der Waals surface area contributed by atoms with Gasteiger partial charge in [0.2, 0.25) is 15.9 Å². The van der Waals surface area contributed by atoms with Gasteiger partial charge in [-0.15, -0.1) is 0 Å². The average molecular weight is 442 g/mol. The molecule has 0 unspecified atom stereocenters. The Morgan fingerprint density at radius 1 is 1.32 bits per heavy atom. The van der Waals surface area contributed by atoms with Crippen molar-refractivity contribution in [2.24, 2.45) is 0 Å². The molecular formula is C17H23ClF3N3O3S. The first-order chi connectivity index (χ1) is 12.8. The smallest absolute Gasteiger partial charge is 0.351 e. The van der Waals surface area contributed by atoms with Gasteiger partial charge in [-0.05, 0) is 58.1 Å². The lowest BCUT2D eigenvalue weighted by Gasteiger charge is -2.33. The number of alkyl halides is 3. The number of rotatable bonds is 5. The first-order valence-electron chi connectivity index (χ1n) is 8.65. The van der Waals surface area contributed by atoms with Crippen LogP contribution >= 0.6 is 11.6 Å². The number of amides is 1. The molecule has 0 bridgehead atoms. The highest BCUT2D eigenvalue weighted by molar-refractivity contribution is 7.92. The van der Waals surface area contributed by atoms with Gasteiger partial charge in [0.25, 0.3) is 0 Å². The van der Waals surface area contributed by atoms with Gasteiger partial charge in [0.15, 0.2) is 0 Å². The number of carbonyl (C=O) groups is 1. The Morgan fingerprint density at radius 3 is 2.39 bits per heavy atom. The number of piperidine rings is 1. The summed E-state index contributed by atoms with van der Waals surface area (Å²) < 4.78 is 64.7. The summed E-state index contributed by atoms with van der Waals surface area (Å²) >= 11 is 5.61. The van der Waals surface area contributed by atoms with E-state index in [1.807, 2.05) is 7.05 Å². The number of benzene rings is 1. The molecule has 1 heterocycles. The van der Waals surface area contributed by atoms with Crippen LogP contribution in [0.3, 0.4) is 0 Å². The molecule has 158 valence electrons. The van der Waals surface area contributed by atoms with E-state index in [9.17, 15) is 26.4 Å². The van der Waals surface area contributed by atoms with Crippen molar-refractivity contribution in [3.63, 3.8) is 0 Å². The highest BCUT2D eigenvalue weighted by Gasteiger charge is 2.36. The minimum Gasteiger partial charge on any atom is -0.351 e. The van der Waals surface area contributed by atoms with Crippen LogP contribution in [0.1, 0.15) is 25.3 Å². The summed E-state index contributed by atoms with van der Waals surface area (Å²) in [5.41, 5.74) is -1.44. The fraction of sp³-hybridized carbons (Fsp3) is 0.588. The van der Waals surface area contributed by atoms with Gasteiger partial charge in [-0.25, -0.2) is 8.42 Å². The average Bonchev–Trinajstić information content (AvgIpc) is 2.56. The van der Waals surface area contributed by atoms with E-state index in [1.54, 1.807) is 0 Å². The number of hydrogen-bond donors (Lipinski definition) is 1. The quantitative estimate of drug-likeness (QED) is 0.762. The van der Waals surface area contributed by atoms with E-state index in [-0.39, 0.29) is 11.7 Å². The van der Waals surface area contributed by atoms with Crippen LogP contribution in [0.15, 0.2) is 18.2 Å². The zero-order valence-corrected chi connectivity index (χ0v) is 17.3. The minimum atomic E-state index is -4.75. The Morgan fingerprint density at radius 2 is 1.89 bits per heavy atom. The van der Waals surface area contributed by atoms with Gasteiger partial charge >= 0.3 is 6.18 Å². The number of nitrogens with one attached hydrogen (secondary N) is 1. The predicted molar refractivity (Wildman–Crippen MR) is 102 cm³/mol. The molecular weight excluding hydrogens is 419 g/mol. The fourth-order valence-corrected chi connectivity index (χ4v) is 4.54. The molecule has 0 saturated carbocycles. The maximum absolute atomic E-state index is 13.2. The Kier molecular flexibility index (Phi) is 6.88. The predicted octanol–water partition coefficient (Wildman–Crippen LogP) is 2.72. The molecule has 28 heavy (non-hydrogen) atoms. The van der Waals surface area contributed by atoms with E-state index in [1.165, 1.54) is 6.92 Å². The van der Waals surface area contributed by atoms with Crippen LogP contribution in [-0.4, -0.2) is 57.7 Å². The summed E-state index contributed by atoms with van der Waals surface area (Å²) in [5.74, 6) is -0.566. The summed E-state index contributed by atoms with van der Waals surface area (Å²) in [7, 11) is -2.07. The zero-order valence-electron chi connectivity index (χ0n) is 15.8. The molecule has 1 aromatic rings. The Balaban J connectivity index is 2.30. The third-order valence-electron chi connectivity index (χ3n) is 4.66. The summed E-state index contributed by atoms with van der Waals surface area (Å²) in [6.45, 7) is 2.93. The molecule has 1 atom stereocenters. The van der Waals surface area contributed by atoms with Crippen LogP contribution < -0.4 is 9.62 Å². The number of anilines is 1. The van der Waals surface area contributed by atoms with Gasteiger partial charge in [0.1, 0.15) is 6.04 Å². The van der Waals surface area contributed by atoms with Gasteiger partial charge in [0.05, 0.1) is 22.5 Å². The summed E-state index contributed by atoms with van der Waals surface area (Å²) in [6.07, 6.45) is -2.48. The first-order valence-corrected chi connectivity index (χ1v) is 10.9. The maximum atomic E-state index is 13.2. The molecule has 2 rings (SSSR count). The third kappa shape index (κ3) is 5.51. The van der Waals surface area contributed by atoms with Crippen LogP contribution in [0.5, 0.6) is 0 Å².